The molecule has 2 rings (SSSR count). The van der Waals surface area contributed by atoms with Crippen LogP contribution in [0.5, 0.6) is 0 Å². The summed E-state index contributed by atoms with van der Waals surface area (Å²) < 4.78 is 6.27. The summed E-state index contributed by atoms with van der Waals surface area (Å²) in [7, 11) is 0. The third kappa shape index (κ3) is 3.45. The monoisotopic (exact) mass is 309 g/mol. The van der Waals surface area contributed by atoms with Crippen LogP contribution in [0.15, 0.2) is 51.6 Å². The van der Waals surface area contributed by atoms with Gasteiger partial charge in [0.1, 0.15) is 5.76 Å². The Bertz CT molecular complexity index is 484. The van der Waals surface area contributed by atoms with Gasteiger partial charge in [0, 0.05) is 11.0 Å². The Morgan fingerprint density at radius 3 is 2.83 bits per heavy atom. The third-order valence-corrected chi connectivity index (χ3v) is 3.31. The number of rotatable bonds is 5. The Balaban J connectivity index is 1.90. The molecule has 0 saturated carbocycles. The van der Waals surface area contributed by atoms with Crippen LogP contribution in [0.4, 0.5) is 0 Å². The molecule has 0 bridgehead atoms. The zero-order valence-corrected chi connectivity index (χ0v) is 11.7. The number of halogens is 1. The minimum atomic E-state index is -0.528. The summed E-state index contributed by atoms with van der Waals surface area (Å²) in [5.41, 5.74) is 0.892. The van der Waals surface area contributed by atoms with E-state index in [9.17, 15) is 5.11 Å². The van der Waals surface area contributed by atoms with Crippen LogP contribution in [0.1, 0.15) is 30.4 Å². The van der Waals surface area contributed by atoms with Crippen molar-refractivity contribution < 1.29 is 9.52 Å². The summed E-state index contributed by atoms with van der Waals surface area (Å²) in [6.45, 7) is 2.49. The number of hydrogen-bond acceptors (Lipinski definition) is 3. The van der Waals surface area contributed by atoms with Crippen molar-refractivity contribution in [3.8, 4) is 0 Å². The van der Waals surface area contributed by atoms with Crippen LogP contribution in [-0.2, 0) is 0 Å². The van der Waals surface area contributed by atoms with E-state index < -0.39 is 6.10 Å². The van der Waals surface area contributed by atoms with E-state index in [4.69, 9.17) is 4.42 Å². The SMILES string of the molecule is C[C@@H](NCC(O)c1cccc(Br)c1)c1ccco1. The van der Waals surface area contributed by atoms with E-state index in [0.717, 1.165) is 15.8 Å². The second-order valence-corrected chi connectivity index (χ2v) is 5.13. The van der Waals surface area contributed by atoms with Crippen molar-refractivity contribution in [2.75, 3.05) is 6.54 Å². The molecule has 0 aliphatic rings. The third-order valence-electron chi connectivity index (χ3n) is 2.82. The minimum Gasteiger partial charge on any atom is -0.468 e. The number of hydrogen-bond donors (Lipinski definition) is 2. The summed E-state index contributed by atoms with van der Waals surface area (Å²) >= 11 is 3.40. The summed E-state index contributed by atoms with van der Waals surface area (Å²) in [4.78, 5) is 0. The van der Waals surface area contributed by atoms with Crippen LogP contribution in [0.3, 0.4) is 0 Å². The second kappa shape index (κ2) is 6.18. The topological polar surface area (TPSA) is 45.4 Å². The maximum atomic E-state index is 10.1. The maximum absolute atomic E-state index is 10.1. The molecule has 18 heavy (non-hydrogen) atoms. The largest absolute Gasteiger partial charge is 0.468 e. The van der Waals surface area contributed by atoms with Crippen molar-refractivity contribution >= 4 is 15.9 Å². The molecule has 0 fully saturated rings. The first-order valence-corrected chi connectivity index (χ1v) is 6.66. The van der Waals surface area contributed by atoms with E-state index in [1.807, 2.05) is 43.3 Å². The van der Waals surface area contributed by atoms with E-state index in [-0.39, 0.29) is 6.04 Å². The highest BCUT2D eigenvalue weighted by Crippen LogP contribution is 2.19. The average molecular weight is 310 g/mol. The first-order valence-electron chi connectivity index (χ1n) is 5.87. The van der Waals surface area contributed by atoms with Gasteiger partial charge in [-0.3, -0.25) is 0 Å². The lowest BCUT2D eigenvalue weighted by molar-refractivity contribution is 0.169. The lowest BCUT2D eigenvalue weighted by atomic mass is 10.1. The quantitative estimate of drug-likeness (QED) is 0.889. The standard InChI is InChI=1S/C14H16BrNO2/c1-10(14-6-3-7-18-14)16-9-13(17)11-4-2-5-12(15)8-11/h2-8,10,13,16-17H,9H2,1H3/t10-,13?/m1/s1. The highest BCUT2D eigenvalue weighted by atomic mass is 79.9. The highest BCUT2D eigenvalue weighted by Gasteiger charge is 2.12. The van der Waals surface area contributed by atoms with Gasteiger partial charge in [0.05, 0.1) is 18.4 Å². The summed E-state index contributed by atoms with van der Waals surface area (Å²) in [6, 6.07) is 11.6. The molecule has 2 N–H and O–H groups in total. The Labute approximate surface area is 115 Å². The van der Waals surface area contributed by atoms with Crippen LogP contribution in [0.25, 0.3) is 0 Å². The van der Waals surface area contributed by atoms with Gasteiger partial charge >= 0.3 is 0 Å². The van der Waals surface area contributed by atoms with Crippen LogP contribution in [0, 0.1) is 0 Å². The van der Waals surface area contributed by atoms with Gasteiger partial charge in [-0.15, -0.1) is 0 Å². The molecule has 0 radical (unpaired) electrons. The second-order valence-electron chi connectivity index (χ2n) is 4.22. The van der Waals surface area contributed by atoms with Crippen LogP contribution < -0.4 is 5.32 Å². The zero-order chi connectivity index (χ0) is 13.0. The van der Waals surface area contributed by atoms with Gasteiger partial charge in [-0.25, -0.2) is 0 Å². The minimum absolute atomic E-state index is 0.0850. The number of aliphatic hydroxyl groups is 1. The summed E-state index contributed by atoms with van der Waals surface area (Å²) in [5.74, 6) is 0.872. The Hall–Kier alpha value is -1.10. The molecular weight excluding hydrogens is 294 g/mol. The van der Waals surface area contributed by atoms with Gasteiger partial charge in [0.15, 0.2) is 0 Å². The van der Waals surface area contributed by atoms with Crippen LogP contribution in [0.2, 0.25) is 0 Å². The van der Waals surface area contributed by atoms with E-state index in [1.54, 1.807) is 6.26 Å². The summed E-state index contributed by atoms with van der Waals surface area (Å²) in [6.07, 6.45) is 1.12. The lowest BCUT2D eigenvalue weighted by Crippen LogP contribution is -2.24. The molecule has 4 heteroatoms. The molecule has 0 saturated heterocycles. The van der Waals surface area contributed by atoms with E-state index in [0.29, 0.717) is 6.54 Å². The number of benzene rings is 1. The molecule has 1 unspecified atom stereocenters. The van der Waals surface area contributed by atoms with Gasteiger partial charge < -0.3 is 14.8 Å². The van der Waals surface area contributed by atoms with Crippen LogP contribution >= 0.6 is 15.9 Å². The fraction of sp³-hybridized carbons (Fsp3) is 0.286. The molecule has 0 aliphatic heterocycles. The Morgan fingerprint density at radius 2 is 2.17 bits per heavy atom. The molecule has 2 atom stereocenters. The first kappa shape index (κ1) is 13.3. The van der Waals surface area contributed by atoms with Crippen molar-refractivity contribution in [3.05, 3.63) is 58.5 Å². The van der Waals surface area contributed by atoms with Crippen LogP contribution in [-0.4, -0.2) is 11.7 Å². The molecule has 96 valence electrons. The Morgan fingerprint density at radius 1 is 1.33 bits per heavy atom. The molecule has 3 nitrogen and oxygen atoms in total. The molecule has 0 aliphatic carbocycles. The van der Waals surface area contributed by atoms with Gasteiger partial charge in [-0.2, -0.15) is 0 Å². The van der Waals surface area contributed by atoms with E-state index >= 15 is 0 Å². The summed E-state index contributed by atoms with van der Waals surface area (Å²) in [5, 5.41) is 13.3. The van der Waals surface area contributed by atoms with Crippen molar-refractivity contribution in [2.45, 2.75) is 19.1 Å². The van der Waals surface area contributed by atoms with E-state index in [2.05, 4.69) is 21.2 Å². The van der Waals surface area contributed by atoms with Gasteiger partial charge in [-0.05, 0) is 36.8 Å². The predicted octanol–water partition coefficient (Wildman–Crippen LogP) is 3.43. The number of nitrogens with one attached hydrogen (secondary N) is 1. The highest BCUT2D eigenvalue weighted by molar-refractivity contribution is 9.10. The normalized spacial score (nSPS) is 14.4. The van der Waals surface area contributed by atoms with Crippen molar-refractivity contribution in [1.29, 1.82) is 0 Å². The van der Waals surface area contributed by atoms with Crippen molar-refractivity contribution in [1.82, 2.24) is 5.32 Å². The molecule has 0 spiro atoms. The fourth-order valence-electron chi connectivity index (χ4n) is 1.76. The van der Waals surface area contributed by atoms with E-state index in [1.165, 1.54) is 0 Å². The zero-order valence-electron chi connectivity index (χ0n) is 10.1. The molecule has 2 aromatic rings. The lowest BCUT2D eigenvalue weighted by Gasteiger charge is -2.16. The fourth-order valence-corrected chi connectivity index (χ4v) is 2.18. The van der Waals surface area contributed by atoms with Gasteiger partial charge in [-0.1, -0.05) is 28.1 Å². The smallest absolute Gasteiger partial charge is 0.120 e. The van der Waals surface area contributed by atoms with Crippen molar-refractivity contribution in [2.24, 2.45) is 0 Å². The van der Waals surface area contributed by atoms with Gasteiger partial charge in [0.2, 0.25) is 0 Å². The molecule has 1 aromatic carbocycles. The van der Waals surface area contributed by atoms with Crippen molar-refractivity contribution in [3.63, 3.8) is 0 Å². The maximum Gasteiger partial charge on any atom is 0.120 e. The average Bonchev–Trinajstić information content (AvgIpc) is 2.89. The molecule has 0 amide bonds. The first-order chi connectivity index (χ1) is 8.66. The predicted molar refractivity (Wildman–Crippen MR) is 74.2 cm³/mol. The van der Waals surface area contributed by atoms with Gasteiger partial charge in [0.25, 0.3) is 0 Å². The number of furan rings is 1. The molecule has 1 aromatic heterocycles. The Kier molecular flexibility index (Phi) is 4.58. The number of aliphatic hydroxyl groups excluding tert-OH is 1. The molecular formula is C14H16BrNO2. The molecule has 1 heterocycles.